The molecule has 1 amide bonds. The molecular weight excluding hydrogens is 236 g/mol. The van der Waals surface area contributed by atoms with Gasteiger partial charge in [0.25, 0.3) is 0 Å². The molecular formula is C16H18N2O. The standard InChI is InChI=1S/C16H18N2O/c1-18(14-10-6-3-7-11-14)16(19)15(17)12-13-8-4-2-5-9-13/h2-11,15H,12,17H2,1H3/t15-/m0/s1. The van der Waals surface area contributed by atoms with E-state index < -0.39 is 6.04 Å². The molecule has 1 atom stereocenters. The minimum atomic E-state index is -0.521. The highest BCUT2D eigenvalue weighted by atomic mass is 16.2. The molecule has 2 rings (SSSR count). The fraction of sp³-hybridized carbons (Fsp3) is 0.188. The first-order valence-electron chi connectivity index (χ1n) is 6.30. The molecule has 2 aromatic rings. The summed E-state index contributed by atoms with van der Waals surface area (Å²) < 4.78 is 0. The van der Waals surface area contributed by atoms with Gasteiger partial charge in [0.1, 0.15) is 0 Å². The van der Waals surface area contributed by atoms with Gasteiger partial charge in [0.2, 0.25) is 5.91 Å². The highest BCUT2D eigenvalue weighted by Crippen LogP contribution is 2.13. The Hall–Kier alpha value is -2.13. The van der Waals surface area contributed by atoms with Gasteiger partial charge < -0.3 is 10.6 Å². The molecule has 0 unspecified atom stereocenters. The second kappa shape index (κ2) is 6.16. The molecule has 3 nitrogen and oxygen atoms in total. The number of carbonyl (C=O) groups is 1. The van der Waals surface area contributed by atoms with Gasteiger partial charge in [-0.2, -0.15) is 0 Å². The average Bonchev–Trinajstić information content (AvgIpc) is 2.47. The fourth-order valence-corrected chi connectivity index (χ4v) is 1.98. The van der Waals surface area contributed by atoms with Gasteiger partial charge in [-0.25, -0.2) is 0 Å². The molecule has 0 aliphatic carbocycles. The first kappa shape index (κ1) is 13.3. The van der Waals surface area contributed by atoms with Crippen LogP contribution in [-0.4, -0.2) is 19.0 Å². The van der Waals surface area contributed by atoms with E-state index in [0.29, 0.717) is 6.42 Å². The lowest BCUT2D eigenvalue weighted by atomic mass is 10.1. The van der Waals surface area contributed by atoms with E-state index >= 15 is 0 Å². The van der Waals surface area contributed by atoms with Gasteiger partial charge in [-0.15, -0.1) is 0 Å². The van der Waals surface area contributed by atoms with E-state index in [0.717, 1.165) is 11.3 Å². The van der Waals surface area contributed by atoms with Gasteiger partial charge in [-0.05, 0) is 24.1 Å². The van der Waals surface area contributed by atoms with E-state index in [-0.39, 0.29) is 5.91 Å². The fourth-order valence-electron chi connectivity index (χ4n) is 1.98. The van der Waals surface area contributed by atoms with Gasteiger partial charge >= 0.3 is 0 Å². The molecule has 0 aliphatic heterocycles. The van der Waals surface area contributed by atoms with Gasteiger partial charge in [-0.3, -0.25) is 4.79 Å². The zero-order chi connectivity index (χ0) is 13.7. The lowest BCUT2D eigenvalue weighted by Gasteiger charge is -2.21. The van der Waals surface area contributed by atoms with Crippen LogP contribution in [0.3, 0.4) is 0 Å². The predicted molar refractivity (Wildman–Crippen MR) is 78.0 cm³/mol. The van der Waals surface area contributed by atoms with Gasteiger partial charge in [0, 0.05) is 12.7 Å². The molecule has 0 saturated heterocycles. The summed E-state index contributed by atoms with van der Waals surface area (Å²) in [4.78, 5) is 13.9. The van der Waals surface area contributed by atoms with Crippen molar-refractivity contribution in [2.24, 2.45) is 5.73 Å². The SMILES string of the molecule is CN(C(=O)[C@@H](N)Cc1ccccc1)c1ccccc1. The highest BCUT2D eigenvalue weighted by Gasteiger charge is 2.19. The molecule has 3 heteroatoms. The van der Waals surface area contributed by atoms with E-state index in [1.165, 1.54) is 0 Å². The van der Waals surface area contributed by atoms with E-state index in [1.54, 1.807) is 11.9 Å². The second-order valence-electron chi connectivity index (χ2n) is 4.53. The zero-order valence-electron chi connectivity index (χ0n) is 11.0. The molecule has 0 bridgehead atoms. The summed E-state index contributed by atoms with van der Waals surface area (Å²) in [6.45, 7) is 0. The number of amides is 1. The third-order valence-corrected chi connectivity index (χ3v) is 3.09. The number of rotatable bonds is 4. The summed E-state index contributed by atoms with van der Waals surface area (Å²) in [6, 6.07) is 18.8. The van der Waals surface area contributed by atoms with Crippen LogP contribution in [0.5, 0.6) is 0 Å². The predicted octanol–water partition coefficient (Wildman–Crippen LogP) is 2.22. The first-order chi connectivity index (χ1) is 9.18. The lowest BCUT2D eigenvalue weighted by molar-refractivity contribution is -0.119. The first-order valence-corrected chi connectivity index (χ1v) is 6.30. The van der Waals surface area contributed by atoms with Crippen molar-refractivity contribution in [2.45, 2.75) is 12.5 Å². The van der Waals surface area contributed by atoms with Crippen LogP contribution in [0, 0.1) is 0 Å². The van der Waals surface area contributed by atoms with E-state index in [1.807, 2.05) is 60.7 Å². The van der Waals surface area contributed by atoms with Crippen LogP contribution in [0.4, 0.5) is 5.69 Å². The summed E-state index contributed by atoms with van der Waals surface area (Å²) in [7, 11) is 1.75. The van der Waals surface area contributed by atoms with Gasteiger partial charge in [-0.1, -0.05) is 48.5 Å². The van der Waals surface area contributed by atoms with Crippen LogP contribution in [-0.2, 0) is 11.2 Å². The molecule has 19 heavy (non-hydrogen) atoms. The third-order valence-electron chi connectivity index (χ3n) is 3.09. The molecule has 0 radical (unpaired) electrons. The number of carbonyl (C=O) groups excluding carboxylic acids is 1. The normalized spacial score (nSPS) is 11.9. The van der Waals surface area contributed by atoms with Crippen molar-refractivity contribution >= 4 is 11.6 Å². The van der Waals surface area contributed by atoms with E-state index in [4.69, 9.17) is 5.73 Å². The summed E-state index contributed by atoms with van der Waals surface area (Å²) in [5, 5.41) is 0. The number of para-hydroxylation sites is 1. The lowest BCUT2D eigenvalue weighted by Crippen LogP contribution is -2.43. The van der Waals surface area contributed by atoms with E-state index in [2.05, 4.69) is 0 Å². The van der Waals surface area contributed by atoms with Crippen LogP contribution in [0.2, 0.25) is 0 Å². The number of nitrogens with zero attached hydrogens (tertiary/aromatic N) is 1. The van der Waals surface area contributed by atoms with Crippen LogP contribution >= 0.6 is 0 Å². The number of benzene rings is 2. The van der Waals surface area contributed by atoms with Crippen molar-refractivity contribution in [3.63, 3.8) is 0 Å². The summed E-state index contributed by atoms with van der Waals surface area (Å²) in [6.07, 6.45) is 0.552. The summed E-state index contributed by atoms with van der Waals surface area (Å²) in [5.74, 6) is -0.0740. The molecule has 0 aromatic heterocycles. The Morgan fingerprint density at radius 3 is 2.16 bits per heavy atom. The molecule has 2 N–H and O–H groups in total. The number of hydrogen-bond donors (Lipinski definition) is 1. The highest BCUT2D eigenvalue weighted by molar-refractivity contribution is 5.96. The minimum Gasteiger partial charge on any atom is -0.320 e. The van der Waals surface area contributed by atoms with Crippen molar-refractivity contribution in [2.75, 3.05) is 11.9 Å². The number of hydrogen-bond acceptors (Lipinski definition) is 2. The molecule has 0 heterocycles. The molecule has 0 fully saturated rings. The third kappa shape index (κ3) is 3.42. The smallest absolute Gasteiger partial charge is 0.243 e. The topological polar surface area (TPSA) is 46.3 Å². The van der Waals surface area contributed by atoms with Crippen LogP contribution < -0.4 is 10.6 Å². The Balaban J connectivity index is 2.03. The van der Waals surface area contributed by atoms with Crippen LogP contribution in [0.15, 0.2) is 60.7 Å². The maximum Gasteiger partial charge on any atom is 0.243 e. The van der Waals surface area contributed by atoms with Gasteiger partial charge in [0.05, 0.1) is 6.04 Å². The molecule has 0 spiro atoms. The largest absolute Gasteiger partial charge is 0.320 e. The van der Waals surface area contributed by atoms with Crippen molar-refractivity contribution in [3.8, 4) is 0 Å². The monoisotopic (exact) mass is 254 g/mol. The Labute approximate surface area is 113 Å². The van der Waals surface area contributed by atoms with E-state index in [9.17, 15) is 4.79 Å². The summed E-state index contributed by atoms with van der Waals surface area (Å²) >= 11 is 0. The van der Waals surface area contributed by atoms with Gasteiger partial charge in [0.15, 0.2) is 0 Å². The molecule has 0 aliphatic rings. The Bertz CT molecular complexity index is 525. The second-order valence-corrected chi connectivity index (χ2v) is 4.53. The minimum absolute atomic E-state index is 0.0740. The van der Waals surface area contributed by atoms with Crippen molar-refractivity contribution in [1.29, 1.82) is 0 Å². The summed E-state index contributed by atoms with van der Waals surface area (Å²) in [5.41, 5.74) is 7.93. The Morgan fingerprint density at radius 1 is 1.05 bits per heavy atom. The van der Waals surface area contributed by atoms with Crippen molar-refractivity contribution in [1.82, 2.24) is 0 Å². The molecule has 2 aromatic carbocycles. The Morgan fingerprint density at radius 2 is 1.58 bits per heavy atom. The van der Waals surface area contributed by atoms with Crippen molar-refractivity contribution in [3.05, 3.63) is 66.2 Å². The van der Waals surface area contributed by atoms with Crippen molar-refractivity contribution < 1.29 is 4.79 Å². The average molecular weight is 254 g/mol. The quantitative estimate of drug-likeness (QED) is 0.909. The maximum absolute atomic E-state index is 12.2. The number of nitrogens with two attached hydrogens (primary N) is 1. The Kier molecular flexibility index (Phi) is 4.31. The van der Waals surface area contributed by atoms with Crippen LogP contribution in [0.25, 0.3) is 0 Å². The zero-order valence-corrected chi connectivity index (χ0v) is 11.0. The molecule has 98 valence electrons. The molecule has 0 saturated carbocycles. The van der Waals surface area contributed by atoms with Crippen LogP contribution in [0.1, 0.15) is 5.56 Å². The maximum atomic E-state index is 12.2. The number of likely N-dealkylation sites (N-methyl/N-ethyl adjacent to an activating group) is 1. The number of anilines is 1.